The highest BCUT2D eigenvalue weighted by Gasteiger charge is 2.31. The van der Waals surface area contributed by atoms with Crippen LogP contribution in [0.15, 0.2) is 17.5 Å². The Balaban J connectivity index is 2.61. The quantitative estimate of drug-likeness (QED) is 0.823. The zero-order valence-electron chi connectivity index (χ0n) is 10.2. The van der Waals surface area contributed by atoms with Gasteiger partial charge >= 0.3 is 5.97 Å². The van der Waals surface area contributed by atoms with Crippen molar-refractivity contribution in [2.24, 2.45) is 5.41 Å². The summed E-state index contributed by atoms with van der Waals surface area (Å²) < 4.78 is 4.81. The summed E-state index contributed by atoms with van der Waals surface area (Å²) in [7, 11) is 1.42. The first-order chi connectivity index (χ1) is 7.45. The summed E-state index contributed by atoms with van der Waals surface area (Å²) in [6, 6.07) is 3.78. The molecular weight excluding hydrogens is 222 g/mol. The van der Waals surface area contributed by atoms with Gasteiger partial charge < -0.3 is 4.74 Å². The average molecular weight is 241 g/mol. The second-order valence-electron chi connectivity index (χ2n) is 4.78. The molecule has 0 fully saturated rings. The Morgan fingerprint density at radius 1 is 1.56 bits per heavy atom. The topological polar surface area (TPSA) is 38.3 Å². The predicted octanol–water partition coefficient (Wildman–Crippen LogP) is 2.43. The number of carbonyl (C=O) groups excluding carboxylic acids is 1. The minimum Gasteiger partial charge on any atom is -0.468 e. The van der Waals surface area contributed by atoms with Gasteiger partial charge in [-0.15, -0.1) is 11.3 Å². The van der Waals surface area contributed by atoms with E-state index in [1.54, 1.807) is 11.3 Å². The fraction of sp³-hybridized carbons (Fsp3) is 0.583. The van der Waals surface area contributed by atoms with E-state index >= 15 is 0 Å². The maximum absolute atomic E-state index is 11.6. The van der Waals surface area contributed by atoms with Crippen molar-refractivity contribution in [3.05, 3.63) is 22.4 Å². The van der Waals surface area contributed by atoms with Crippen LogP contribution in [0.5, 0.6) is 0 Å². The van der Waals surface area contributed by atoms with Crippen molar-refractivity contribution in [1.29, 1.82) is 0 Å². The van der Waals surface area contributed by atoms with Gasteiger partial charge in [-0.05, 0) is 16.9 Å². The lowest BCUT2D eigenvalue weighted by Crippen LogP contribution is -2.46. The molecule has 1 rings (SSSR count). The molecule has 0 amide bonds. The molecule has 1 aromatic rings. The highest BCUT2D eigenvalue weighted by molar-refractivity contribution is 7.09. The molecule has 0 aliphatic carbocycles. The van der Waals surface area contributed by atoms with Crippen molar-refractivity contribution >= 4 is 17.3 Å². The van der Waals surface area contributed by atoms with Gasteiger partial charge in [-0.25, -0.2) is 0 Å². The Morgan fingerprint density at radius 3 is 2.69 bits per heavy atom. The van der Waals surface area contributed by atoms with E-state index in [0.717, 1.165) is 0 Å². The van der Waals surface area contributed by atoms with Gasteiger partial charge in [0, 0.05) is 11.4 Å². The van der Waals surface area contributed by atoms with Gasteiger partial charge in [-0.3, -0.25) is 10.1 Å². The predicted molar refractivity (Wildman–Crippen MR) is 66.4 cm³/mol. The monoisotopic (exact) mass is 241 g/mol. The lowest BCUT2D eigenvalue weighted by atomic mass is 9.87. The van der Waals surface area contributed by atoms with Crippen LogP contribution < -0.4 is 5.32 Å². The molecule has 0 bridgehead atoms. The van der Waals surface area contributed by atoms with Crippen LogP contribution in [0.2, 0.25) is 0 Å². The van der Waals surface area contributed by atoms with Crippen LogP contribution in [-0.4, -0.2) is 19.1 Å². The fourth-order valence-corrected chi connectivity index (χ4v) is 2.13. The van der Waals surface area contributed by atoms with Crippen molar-refractivity contribution in [2.45, 2.75) is 33.4 Å². The van der Waals surface area contributed by atoms with Gasteiger partial charge in [0.25, 0.3) is 0 Å². The fourth-order valence-electron chi connectivity index (χ4n) is 1.48. The van der Waals surface area contributed by atoms with Crippen LogP contribution >= 0.6 is 11.3 Å². The van der Waals surface area contributed by atoms with E-state index in [1.165, 1.54) is 12.0 Å². The molecule has 3 nitrogen and oxygen atoms in total. The third kappa shape index (κ3) is 3.61. The van der Waals surface area contributed by atoms with Gasteiger partial charge in [0.15, 0.2) is 0 Å². The highest BCUT2D eigenvalue weighted by Crippen LogP contribution is 2.21. The molecule has 0 spiro atoms. The molecule has 0 saturated carbocycles. The van der Waals surface area contributed by atoms with Gasteiger partial charge in [0.2, 0.25) is 0 Å². The number of hydrogen-bond acceptors (Lipinski definition) is 4. The standard InChI is InChI=1S/C12H19NO2S/c1-12(2,3)10(11(14)15-4)13-8-9-6-5-7-16-9/h5-7,10,13H,8H2,1-4H3. The number of rotatable bonds is 4. The summed E-state index contributed by atoms with van der Waals surface area (Å²) in [5.74, 6) is -0.205. The van der Waals surface area contributed by atoms with E-state index in [4.69, 9.17) is 4.74 Å². The SMILES string of the molecule is COC(=O)C(NCc1cccs1)C(C)(C)C. The molecular formula is C12H19NO2S. The molecule has 1 N–H and O–H groups in total. The van der Waals surface area contributed by atoms with Gasteiger partial charge in [0.1, 0.15) is 6.04 Å². The third-order valence-electron chi connectivity index (χ3n) is 2.36. The number of thiophene rings is 1. The maximum atomic E-state index is 11.6. The summed E-state index contributed by atoms with van der Waals surface area (Å²) >= 11 is 1.68. The Bertz CT molecular complexity index is 327. The van der Waals surface area contributed by atoms with Crippen LogP contribution in [0, 0.1) is 5.41 Å². The molecule has 1 atom stereocenters. The summed E-state index contributed by atoms with van der Waals surface area (Å²) in [6.45, 7) is 6.77. The Labute approximate surface area is 101 Å². The zero-order chi connectivity index (χ0) is 12.2. The number of methoxy groups -OCH3 is 1. The molecule has 0 aliphatic rings. The molecule has 0 saturated heterocycles. The van der Waals surface area contributed by atoms with E-state index in [9.17, 15) is 4.79 Å². The Kier molecular flexibility index (Phi) is 4.50. The lowest BCUT2D eigenvalue weighted by molar-refractivity contribution is -0.146. The van der Waals surface area contributed by atoms with Crippen molar-refractivity contribution in [2.75, 3.05) is 7.11 Å². The average Bonchev–Trinajstić information content (AvgIpc) is 2.68. The van der Waals surface area contributed by atoms with Crippen molar-refractivity contribution in [3.63, 3.8) is 0 Å². The normalized spacial score (nSPS) is 13.5. The van der Waals surface area contributed by atoms with Crippen molar-refractivity contribution < 1.29 is 9.53 Å². The largest absolute Gasteiger partial charge is 0.468 e. The minimum absolute atomic E-state index is 0.148. The van der Waals surface area contributed by atoms with E-state index < -0.39 is 0 Å². The van der Waals surface area contributed by atoms with E-state index in [1.807, 2.05) is 32.2 Å². The molecule has 4 heteroatoms. The zero-order valence-corrected chi connectivity index (χ0v) is 11.1. The molecule has 0 aliphatic heterocycles. The number of esters is 1. The number of nitrogens with one attached hydrogen (secondary N) is 1. The summed E-state index contributed by atoms with van der Waals surface area (Å²) in [5.41, 5.74) is -0.148. The molecule has 0 radical (unpaired) electrons. The lowest BCUT2D eigenvalue weighted by Gasteiger charge is -2.29. The first kappa shape index (κ1) is 13.2. The second-order valence-corrected chi connectivity index (χ2v) is 5.81. The van der Waals surface area contributed by atoms with Gasteiger partial charge in [0.05, 0.1) is 7.11 Å². The van der Waals surface area contributed by atoms with E-state index in [2.05, 4.69) is 11.4 Å². The third-order valence-corrected chi connectivity index (χ3v) is 3.24. The van der Waals surface area contributed by atoms with Crippen LogP contribution in [0.25, 0.3) is 0 Å². The molecule has 16 heavy (non-hydrogen) atoms. The molecule has 1 unspecified atom stereocenters. The summed E-state index contributed by atoms with van der Waals surface area (Å²) in [4.78, 5) is 12.9. The smallest absolute Gasteiger partial charge is 0.323 e. The van der Waals surface area contributed by atoms with Crippen LogP contribution in [0.4, 0.5) is 0 Å². The van der Waals surface area contributed by atoms with Crippen LogP contribution in [0.1, 0.15) is 25.6 Å². The van der Waals surface area contributed by atoms with Crippen LogP contribution in [-0.2, 0) is 16.1 Å². The Hall–Kier alpha value is -0.870. The molecule has 1 heterocycles. The maximum Gasteiger partial charge on any atom is 0.323 e. The summed E-state index contributed by atoms with van der Waals surface area (Å²) in [5, 5.41) is 5.28. The first-order valence-electron chi connectivity index (χ1n) is 5.28. The van der Waals surface area contributed by atoms with Crippen molar-refractivity contribution in [3.8, 4) is 0 Å². The summed E-state index contributed by atoms with van der Waals surface area (Å²) in [6.07, 6.45) is 0. The Morgan fingerprint density at radius 2 is 2.25 bits per heavy atom. The van der Waals surface area contributed by atoms with E-state index in [-0.39, 0.29) is 17.4 Å². The van der Waals surface area contributed by atoms with Gasteiger partial charge in [-0.1, -0.05) is 26.8 Å². The second kappa shape index (κ2) is 5.46. The minimum atomic E-state index is -0.278. The van der Waals surface area contributed by atoms with E-state index in [0.29, 0.717) is 6.54 Å². The first-order valence-corrected chi connectivity index (χ1v) is 6.16. The molecule has 1 aromatic heterocycles. The van der Waals surface area contributed by atoms with Crippen LogP contribution in [0.3, 0.4) is 0 Å². The molecule has 90 valence electrons. The number of carbonyl (C=O) groups is 1. The highest BCUT2D eigenvalue weighted by atomic mass is 32.1. The number of hydrogen-bond donors (Lipinski definition) is 1. The number of ether oxygens (including phenoxy) is 1. The molecule has 0 aromatic carbocycles. The van der Waals surface area contributed by atoms with Crippen molar-refractivity contribution in [1.82, 2.24) is 5.32 Å². The van der Waals surface area contributed by atoms with Gasteiger partial charge in [-0.2, -0.15) is 0 Å².